The summed E-state index contributed by atoms with van der Waals surface area (Å²) in [6, 6.07) is 4.28. The van der Waals surface area contributed by atoms with Crippen molar-refractivity contribution in [2.24, 2.45) is 0 Å². The highest BCUT2D eigenvalue weighted by Crippen LogP contribution is 2.05. The van der Waals surface area contributed by atoms with Crippen LogP contribution in [0.3, 0.4) is 0 Å². The first-order valence-electron chi connectivity index (χ1n) is 5.22. The number of nitrogens with zero attached hydrogens (tertiary/aromatic N) is 1. The molecule has 88 valence electrons. The number of imide groups is 1. The highest BCUT2D eigenvalue weighted by Gasteiger charge is 2.28. The van der Waals surface area contributed by atoms with E-state index < -0.39 is 17.9 Å². The summed E-state index contributed by atoms with van der Waals surface area (Å²) in [5.74, 6) is -1.19. The van der Waals surface area contributed by atoms with Gasteiger partial charge < -0.3 is 5.32 Å². The largest absolute Gasteiger partial charge is 0.339 e. The Morgan fingerprint density at radius 2 is 2.24 bits per heavy atom. The van der Waals surface area contributed by atoms with Crippen LogP contribution in [-0.2, 0) is 9.59 Å². The smallest absolute Gasteiger partial charge is 0.270 e. The van der Waals surface area contributed by atoms with E-state index in [1.54, 1.807) is 18.2 Å². The van der Waals surface area contributed by atoms with Crippen molar-refractivity contribution in [2.75, 3.05) is 0 Å². The van der Waals surface area contributed by atoms with Crippen LogP contribution in [0.2, 0.25) is 0 Å². The predicted octanol–water partition coefficient (Wildman–Crippen LogP) is -0.383. The van der Waals surface area contributed by atoms with Gasteiger partial charge in [-0.2, -0.15) is 0 Å². The third-order valence-electron chi connectivity index (χ3n) is 2.44. The van der Waals surface area contributed by atoms with Gasteiger partial charge in [-0.05, 0) is 18.6 Å². The third kappa shape index (κ3) is 2.66. The molecule has 1 aliphatic rings. The van der Waals surface area contributed by atoms with Crippen LogP contribution in [0.4, 0.5) is 0 Å². The number of carbonyl (C=O) groups is 3. The van der Waals surface area contributed by atoms with Gasteiger partial charge in [0, 0.05) is 12.6 Å². The van der Waals surface area contributed by atoms with Crippen LogP contribution < -0.4 is 10.6 Å². The van der Waals surface area contributed by atoms with Crippen molar-refractivity contribution in [3.63, 3.8) is 0 Å². The lowest BCUT2D eigenvalue weighted by molar-refractivity contribution is -0.134. The van der Waals surface area contributed by atoms with Crippen molar-refractivity contribution in [1.82, 2.24) is 15.6 Å². The summed E-state index contributed by atoms with van der Waals surface area (Å²) < 4.78 is 0. The molecule has 1 aromatic heterocycles. The Labute approximate surface area is 97.4 Å². The monoisotopic (exact) mass is 233 g/mol. The molecule has 0 aliphatic carbocycles. The Kier molecular flexibility index (Phi) is 3.13. The first kappa shape index (κ1) is 11.3. The molecule has 0 saturated carbocycles. The number of hydrogen-bond donors (Lipinski definition) is 2. The Balaban J connectivity index is 2.00. The Morgan fingerprint density at radius 1 is 1.41 bits per heavy atom. The van der Waals surface area contributed by atoms with Crippen molar-refractivity contribution in [3.8, 4) is 0 Å². The SMILES string of the molecule is O=C1CC[C@@H](NC(=O)c2ccccn2)C(=O)N1. The van der Waals surface area contributed by atoms with E-state index >= 15 is 0 Å². The van der Waals surface area contributed by atoms with Gasteiger partial charge >= 0.3 is 0 Å². The third-order valence-corrected chi connectivity index (χ3v) is 2.44. The zero-order chi connectivity index (χ0) is 12.3. The summed E-state index contributed by atoms with van der Waals surface area (Å²) >= 11 is 0. The zero-order valence-electron chi connectivity index (χ0n) is 8.97. The highest BCUT2D eigenvalue weighted by molar-refractivity contribution is 6.03. The molecule has 0 radical (unpaired) electrons. The van der Waals surface area contributed by atoms with E-state index in [-0.39, 0.29) is 18.0 Å². The lowest BCUT2D eigenvalue weighted by atomic mass is 10.1. The van der Waals surface area contributed by atoms with Gasteiger partial charge in [0.1, 0.15) is 11.7 Å². The first-order chi connectivity index (χ1) is 8.16. The lowest BCUT2D eigenvalue weighted by Crippen LogP contribution is -2.52. The number of rotatable bonds is 2. The molecule has 1 fully saturated rings. The number of pyridine rings is 1. The van der Waals surface area contributed by atoms with Crippen LogP contribution in [-0.4, -0.2) is 28.7 Å². The van der Waals surface area contributed by atoms with Crippen LogP contribution >= 0.6 is 0 Å². The Morgan fingerprint density at radius 3 is 2.88 bits per heavy atom. The number of piperidine rings is 1. The minimum atomic E-state index is -0.665. The maximum absolute atomic E-state index is 11.7. The minimum absolute atomic E-state index is 0.235. The van der Waals surface area contributed by atoms with E-state index in [1.165, 1.54) is 6.20 Å². The summed E-state index contributed by atoms with van der Waals surface area (Å²) in [5, 5.41) is 4.71. The molecule has 1 aromatic rings. The van der Waals surface area contributed by atoms with Gasteiger partial charge in [-0.1, -0.05) is 6.07 Å². The molecular formula is C11H11N3O3. The molecule has 1 atom stereocenters. The lowest BCUT2D eigenvalue weighted by Gasteiger charge is -2.21. The normalized spacial score (nSPS) is 19.6. The maximum Gasteiger partial charge on any atom is 0.270 e. The topological polar surface area (TPSA) is 88.2 Å². The van der Waals surface area contributed by atoms with Crippen LogP contribution in [0.1, 0.15) is 23.3 Å². The zero-order valence-corrected chi connectivity index (χ0v) is 8.97. The predicted molar refractivity (Wildman–Crippen MR) is 57.9 cm³/mol. The quantitative estimate of drug-likeness (QED) is 0.681. The van der Waals surface area contributed by atoms with Crippen LogP contribution in [0.5, 0.6) is 0 Å². The maximum atomic E-state index is 11.7. The van der Waals surface area contributed by atoms with E-state index in [0.29, 0.717) is 6.42 Å². The van der Waals surface area contributed by atoms with Crippen molar-refractivity contribution in [2.45, 2.75) is 18.9 Å². The van der Waals surface area contributed by atoms with Gasteiger partial charge in [0.15, 0.2) is 0 Å². The fourth-order valence-electron chi connectivity index (χ4n) is 1.56. The van der Waals surface area contributed by atoms with Gasteiger partial charge in [-0.25, -0.2) is 0 Å². The second-order valence-corrected chi connectivity index (χ2v) is 3.69. The Hall–Kier alpha value is -2.24. The van der Waals surface area contributed by atoms with Crippen molar-refractivity contribution >= 4 is 17.7 Å². The number of aromatic nitrogens is 1. The molecular weight excluding hydrogens is 222 g/mol. The average Bonchev–Trinajstić information content (AvgIpc) is 2.34. The molecule has 17 heavy (non-hydrogen) atoms. The Bertz CT molecular complexity index is 458. The molecule has 6 heteroatoms. The molecule has 0 aromatic carbocycles. The number of carbonyl (C=O) groups excluding carboxylic acids is 3. The fourth-order valence-corrected chi connectivity index (χ4v) is 1.56. The minimum Gasteiger partial charge on any atom is -0.339 e. The number of hydrogen-bond acceptors (Lipinski definition) is 4. The highest BCUT2D eigenvalue weighted by atomic mass is 16.2. The molecule has 0 spiro atoms. The second-order valence-electron chi connectivity index (χ2n) is 3.69. The average molecular weight is 233 g/mol. The number of amides is 3. The molecule has 2 N–H and O–H groups in total. The number of nitrogens with one attached hydrogen (secondary N) is 2. The van der Waals surface area contributed by atoms with Gasteiger partial charge in [0.2, 0.25) is 11.8 Å². The van der Waals surface area contributed by atoms with Crippen molar-refractivity contribution < 1.29 is 14.4 Å². The summed E-state index contributed by atoms with van der Waals surface area (Å²) in [4.78, 5) is 37.9. The molecule has 2 heterocycles. The van der Waals surface area contributed by atoms with E-state index in [9.17, 15) is 14.4 Å². The van der Waals surface area contributed by atoms with Crippen LogP contribution in [0.15, 0.2) is 24.4 Å². The summed E-state index contributed by atoms with van der Waals surface area (Å²) in [7, 11) is 0. The van der Waals surface area contributed by atoms with Gasteiger partial charge in [0.25, 0.3) is 5.91 Å². The molecule has 3 amide bonds. The van der Waals surface area contributed by atoms with E-state index in [1.807, 2.05) is 0 Å². The van der Waals surface area contributed by atoms with Crippen molar-refractivity contribution in [1.29, 1.82) is 0 Å². The van der Waals surface area contributed by atoms with E-state index in [4.69, 9.17) is 0 Å². The summed E-state index contributed by atoms with van der Waals surface area (Å²) in [6.45, 7) is 0. The molecule has 0 bridgehead atoms. The van der Waals surface area contributed by atoms with Crippen LogP contribution in [0, 0.1) is 0 Å². The fraction of sp³-hybridized carbons (Fsp3) is 0.273. The van der Waals surface area contributed by atoms with Crippen molar-refractivity contribution in [3.05, 3.63) is 30.1 Å². The van der Waals surface area contributed by atoms with Gasteiger partial charge in [-0.3, -0.25) is 24.7 Å². The molecule has 2 rings (SSSR count). The first-order valence-corrected chi connectivity index (χ1v) is 5.22. The van der Waals surface area contributed by atoms with E-state index in [2.05, 4.69) is 15.6 Å². The van der Waals surface area contributed by atoms with Crippen LogP contribution in [0.25, 0.3) is 0 Å². The molecule has 1 aliphatic heterocycles. The van der Waals surface area contributed by atoms with Gasteiger partial charge in [0.05, 0.1) is 0 Å². The summed E-state index contributed by atoms with van der Waals surface area (Å²) in [6.07, 6.45) is 2.06. The van der Waals surface area contributed by atoms with Gasteiger partial charge in [-0.15, -0.1) is 0 Å². The summed E-state index contributed by atoms with van der Waals surface area (Å²) in [5.41, 5.74) is 0.247. The van der Waals surface area contributed by atoms with E-state index in [0.717, 1.165) is 0 Å². The molecule has 6 nitrogen and oxygen atoms in total. The second kappa shape index (κ2) is 4.73. The molecule has 1 saturated heterocycles. The standard InChI is InChI=1S/C11H11N3O3/c15-9-5-4-8(11(17)14-9)13-10(16)7-3-1-2-6-12-7/h1-3,6,8H,4-5H2,(H,13,16)(H,14,15,17)/t8-/m1/s1. The molecule has 0 unspecified atom stereocenters.